The first-order chi connectivity index (χ1) is 13.1. The van der Waals surface area contributed by atoms with Crippen LogP contribution in [-0.2, 0) is 9.53 Å². The van der Waals surface area contributed by atoms with Gasteiger partial charge in [0.05, 0.1) is 30.2 Å². The monoisotopic (exact) mass is 361 g/mol. The molecule has 0 bridgehead atoms. The van der Waals surface area contributed by atoms with E-state index in [0.29, 0.717) is 11.3 Å². The van der Waals surface area contributed by atoms with Crippen molar-refractivity contribution in [3.05, 3.63) is 83.7 Å². The first-order valence-electron chi connectivity index (χ1n) is 8.35. The summed E-state index contributed by atoms with van der Waals surface area (Å²) >= 11 is 0. The summed E-state index contributed by atoms with van der Waals surface area (Å²) in [5, 5.41) is 7.03. The molecule has 3 rings (SSSR count). The number of aromatic nitrogens is 2. The molecule has 0 atom stereocenters. The summed E-state index contributed by atoms with van der Waals surface area (Å²) in [4.78, 5) is 24.2. The Morgan fingerprint density at radius 1 is 1.11 bits per heavy atom. The van der Waals surface area contributed by atoms with E-state index in [9.17, 15) is 9.59 Å². The molecule has 136 valence electrons. The number of esters is 1. The highest BCUT2D eigenvalue weighted by Crippen LogP contribution is 2.21. The third kappa shape index (κ3) is 4.30. The highest BCUT2D eigenvalue weighted by atomic mass is 16.5. The van der Waals surface area contributed by atoms with Crippen LogP contribution in [-0.4, -0.2) is 28.8 Å². The third-order valence-corrected chi connectivity index (χ3v) is 3.98. The second-order valence-electron chi connectivity index (χ2n) is 5.87. The Morgan fingerprint density at radius 3 is 2.63 bits per heavy atom. The molecule has 3 aromatic rings. The number of para-hydroxylation sites is 2. The Hall–Kier alpha value is -3.67. The molecule has 0 radical (unpaired) electrons. The van der Waals surface area contributed by atoms with Crippen molar-refractivity contribution in [1.82, 2.24) is 9.78 Å². The Balaban J connectivity index is 1.74. The molecule has 0 spiro atoms. The van der Waals surface area contributed by atoms with E-state index < -0.39 is 5.97 Å². The second-order valence-corrected chi connectivity index (χ2v) is 5.87. The summed E-state index contributed by atoms with van der Waals surface area (Å²) < 4.78 is 6.50. The van der Waals surface area contributed by atoms with Gasteiger partial charge in [-0.25, -0.2) is 9.48 Å². The van der Waals surface area contributed by atoms with Crippen molar-refractivity contribution in [3.63, 3.8) is 0 Å². The molecule has 0 aliphatic carbocycles. The van der Waals surface area contributed by atoms with Gasteiger partial charge in [-0.2, -0.15) is 5.10 Å². The Bertz CT molecular complexity index is 991. The van der Waals surface area contributed by atoms with Gasteiger partial charge in [0.15, 0.2) is 0 Å². The molecule has 6 nitrogen and oxygen atoms in total. The molecule has 27 heavy (non-hydrogen) atoms. The van der Waals surface area contributed by atoms with Gasteiger partial charge in [-0.1, -0.05) is 30.3 Å². The number of amides is 1. The first kappa shape index (κ1) is 18.1. The van der Waals surface area contributed by atoms with E-state index >= 15 is 0 Å². The van der Waals surface area contributed by atoms with E-state index in [2.05, 4.69) is 10.4 Å². The van der Waals surface area contributed by atoms with E-state index in [1.165, 1.54) is 13.2 Å². The fraction of sp³-hybridized carbons (Fsp3) is 0.0952. The van der Waals surface area contributed by atoms with Crippen LogP contribution < -0.4 is 5.32 Å². The average Bonchev–Trinajstić information content (AvgIpc) is 3.17. The first-order valence-corrected chi connectivity index (χ1v) is 8.35. The van der Waals surface area contributed by atoms with Crippen LogP contribution in [0.4, 0.5) is 5.69 Å². The molecule has 0 unspecified atom stereocenters. The number of aryl methyl sites for hydroxylation is 1. The molecule has 1 heterocycles. The number of nitrogens with one attached hydrogen (secondary N) is 1. The van der Waals surface area contributed by atoms with Gasteiger partial charge in [-0.15, -0.1) is 0 Å². The highest BCUT2D eigenvalue weighted by molar-refractivity contribution is 6.07. The van der Waals surface area contributed by atoms with Gasteiger partial charge >= 0.3 is 5.97 Å². The molecule has 0 fully saturated rings. The molecule has 0 saturated carbocycles. The van der Waals surface area contributed by atoms with E-state index in [-0.39, 0.29) is 5.91 Å². The number of carbonyl (C=O) groups is 2. The van der Waals surface area contributed by atoms with Crippen LogP contribution in [0, 0.1) is 6.92 Å². The van der Waals surface area contributed by atoms with E-state index in [1.54, 1.807) is 29.1 Å². The van der Waals surface area contributed by atoms with Gasteiger partial charge in [0.2, 0.25) is 5.91 Å². The van der Waals surface area contributed by atoms with E-state index in [0.717, 1.165) is 16.8 Å². The number of rotatable bonds is 5. The lowest BCUT2D eigenvalue weighted by molar-refractivity contribution is -0.111. The molecule has 0 aliphatic heterocycles. The predicted molar refractivity (Wildman–Crippen MR) is 104 cm³/mol. The molecule has 1 amide bonds. The fourth-order valence-electron chi connectivity index (χ4n) is 2.60. The van der Waals surface area contributed by atoms with Crippen molar-refractivity contribution in [2.75, 3.05) is 12.4 Å². The zero-order valence-electron chi connectivity index (χ0n) is 15.0. The largest absolute Gasteiger partial charge is 0.465 e. The maximum atomic E-state index is 12.3. The van der Waals surface area contributed by atoms with Crippen LogP contribution in [0.2, 0.25) is 0 Å². The minimum atomic E-state index is -0.498. The Labute approximate surface area is 157 Å². The van der Waals surface area contributed by atoms with Crippen molar-refractivity contribution in [2.24, 2.45) is 0 Å². The van der Waals surface area contributed by atoms with Crippen molar-refractivity contribution in [3.8, 4) is 5.69 Å². The number of carbonyl (C=O) groups excluding carboxylic acids is 2. The summed E-state index contributed by atoms with van der Waals surface area (Å²) in [5.74, 6) is -0.843. The minimum Gasteiger partial charge on any atom is -0.465 e. The van der Waals surface area contributed by atoms with Gasteiger partial charge in [-0.3, -0.25) is 4.79 Å². The van der Waals surface area contributed by atoms with Crippen LogP contribution in [0.3, 0.4) is 0 Å². The summed E-state index contributed by atoms with van der Waals surface area (Å²) in [5.41, 5.74) is 3.25. The van der Waals surface area contributed by atoms with Crippen molar-refractivity contribution in [1.29, 1.82) is 0 Å². The number of hydrogen-bond acceptors (Lipinski definition) is 4. The van der Waals surface area contributed by atoms with Crippen molar-refractivity contribution >= 4 is 23.6 Å². The smallest absolute Gasteiger partial charge is 0.339 e. The molecule has 1 N–H and O–H groups in total. The molecular formula is C21H19N3O3. The van der Waals surface area contributed by atoms with Gasteiger partial charge in [0, 0.05) is 17.8 Å². The summed E-state index contributed by atoms with van der Waals surface area (Å²) in [6.07, 6.45) is 6.56. The van der Waals surface area contributed by atoms with Crippen LogP contribution >= 0.6 is 0 Å². The van der Waals surface area contributed by atoms with Crippen LogP contribution in [0.15, 0.2) is 67.0 Å². The highest BCUT2D eigenvalue weighted by Gasteiger charge is 2.14. The van der Waals surface area contributed by atoms with Crippen LogP contribution in [0.25, 0.3) is 11.8 Å². The number of benzene rings is 2. The fourth-order valence-corrected chi connectivity index (χ4v) is 2.60. The van der Waals surface area contributed by atoms with Crippen molar-refractivity contribution < 1.29 is 14.3 Å². The number of anilines is 1. The Morgan fingerprint density at radius 2 is 1.89 bits per heavy atom. The van der Waals surface area contributed by atoms with Gasteiger partial charge in [0.25, 0.3) is 0 Å². The third-order valence-electron chi connectivity index (χ3n) is 3.98. The van der Waals surface area contributed by atoms with Crippen molar-refractivity contribution in [2.45, 2.75) is 6.92 Å². The van der Waals surface area contributed by atoms with E-state index in [4.69, 9.17) is 4.74 Å². The number of ether oxygens (including phenoxy) is 1. The minimum absolute atomic E-state index is 0.316. The van der Waals surface area contributed by atoms with Gasteiger partial charge in [0.1, 0.15) is 0 Å². The number of methoxy groups -OCH3 is 1. The zero-order chi connectivity index (χ0) is 19.2. The SMILES string of the molecule is COC(=O)c1cccc(C)c1NC(=O)C=Cc1cnn(-c2ccccc2)c1. The zero-order valence-corrected chi connectivity index (χ0v) is 15.0. The molecule has 0 aliphatic rings. The molecule has 2 aromatic carbocycles. The van der Waals surface area contributed by atoms with Crippen LogP contribution in [0.5, 0.6) is 0 Å². The molecule has 6 heteroatoms. The lowest BCUT2D eigenvalue weighted by Gasteiger charge is -2.11. The Kier molecular flexibility index (Phi) is 5.47. The summed E-state index contributed by atoms with van der Waals surface area (Å²) in [6, 6.07) is 14.9. The van der Waals surface area contributed by atoms with E-state index in [1.807, 2.05) is 49.5 Å². The average molecular weight is 361 g/mol. The molecule has 1 aromatic heterocycles. The standard InChI is InChI=1S/C21H19N3O3/c1-15-7-6-10-18(21(26)27-2)20(15)23-19(25)12-11-16-13-22-24(14-16)17-8-4-3-5-9-17/h3-14H,1-2H3,(H,23,25). The van der Waals surface area contributed by atoms with Gasteiger partial charge < -0.3 is 10.1 Å². The van der Waals surface area contributed by atoms with Gasteiger partial charge in [-0.05, 0) is 36.8 Å². The maximum absolute atomic E-state index is 12.3. The topological polar surface area (TPSA) is 73.2 Å². The number of nitrogens with zero attached hydrogens (tertiary/aromatic N) is 2. The molecular weight excluding hydrogens is 342 g/mol. The molecule has 0 saturated heterocycles. The lowest BCUT2D eigenvalue weighted by atomic mass is 10.1. The predicted octanol–water partition coefficient (Wildman–Crippen LogP) is 3.62. The summed E-state index contributed by atoms with van der Waals surface area (Å²) in [6.45, 7) is 1.82. The quantitative estimate of drug-likeness (QED) is 0.556. The normalized spacial score (nSPS) is 10.7. The number of hydrogen-bond donors (Lipinski definition) is 1. The second kappa shape index (κ2) is 8.14. The summed E-state index contributed by atoms with van der Waals surface area (Å²) in [7, 11) is 1.31. The maximum Gasteiger partial charge on any atom is 0.339 e. The van der Waals surface area contributed by atoms with Crippen LogP contribution in [0.1, 0.15) is 21.5 Å². The lowest BCUT2D eigenvalue weighted by Crippen LogP contribution is -2.14.